The third-order valence-corrected chi connectivity index (χ3v) is 6.02. The van der Waals surface area contributed by atoms with Gasteiger partial charge in [-0.25, -0.2) is 8.42 Å². The molecule has 1 saturated carbocycles. The van der Waals surface area contributed by atoms with E-state index in [1.807, 2.05) is 0 Å². The van der Waals surface area contributed by atoms with Gasteiger partial charge in [-0.15, -0.1) is 0 Å². The molecule has 0 unspecified atom stereocenters. The highest BCUT2D eigenvalue weighted by atomic mass is 79.9. The topological polar surface area (TPSA) is 116 Å². The Bertz CT molecular complexity index is 734. The van der Waals surface area contributed by atoms with Crippen LogP contribution < -0.4 is 11.5 Å². The maximum absolute atomic E-state index is 12.2. The first-order chi connectivity index (χ1) is 10.2. The fourth-order valence-corrected chi connectivity index (χ4v) is 5.36. The zero-order valence-electron chi connectivity index (χ0n) is 12.2. The van der Waals surface area contributed by atoms with Crippen molar-refractivity contribution in [3.63, 3.8) is 0 Å². The Balaban J connectivity index is 2.63. The van der Waals surface area contributed by atoms with E-state index in [2.05, 4.69) is 20.9 Å². The van der Waals surface area contributed by atoms with E-state index in [0.717, 1.165) is 37.5 Å². The van der Waals surface area contributed by atoms with Crippen molar-refractivity contribution >= 4 is 37.6 Å². The highest BCUT2D eigenvalue weighted by Crippen LogP contribution is 2.41. The average Bonchev–Trinajstić information content (AvgIpc) is 2.89. The van der Waals surface area contributed by atoms with E-state index in [4.69, 9.17) is 11.5 Å². The number of hydrogen-bond donors (Lipinski definition) is 2. The normalized spacial score (nSPS) is 15.7. The molecule has 0 aliphatic heterocycles. The molecule has 0 heterocycles. The van der Waals surface area contributed by atoms with Crippen LogP contribution in [0, 0.1) is 0 Å². The molecule has 0 bridgehead atoms. The minimum atomic E-state index is -3.50. The molecule has 1 aromatic rings. The van der Waals surface area contributed by atoms with Crippen molar-refractivity contribution < 1.29 is 13.2 Å². The molecule has 4 N–H and O–H groups in total. The number of rotatable bonds is 3. The largest absolute Gasteiger partial charge is 0.370 e. The summed E-state index contributed by atoms with van der Waals surface area (Å²) in [6, 6.07) is 3.27. The minimum absolute atomic E-state index is 0.135. The van der Waals surface area contributed by atoms with Crippen molar-refractivity contribution in [3.8, 4) is 0 Å². The number of halogens is 1. The van der Waals surface area contributed by atoms with E-state index in [0.29, 0.717) is 0 Å². The van der Waals surface area contributed by atoms with Gasteiger partial charge in [0.1, 0.15) is 0 Å². The second-order valence-corrected chi connectivity index (χ2v) is 8.19. The van der Waals surface area contributed by atoms with Crippen LogP contribution in [0.2, 0.25) is 0 Å². The summed E-state index contributed by atoms with van der Waals surface area (Å²) in [4.78, 5) is 15.6. The molecule has 120 valence electrons. The summed E-state index contributed by atoms with van der Waals surface area (Å²) in [7, 11) is -3.50. The maximum Gasteiger partial charge on any atom is 0.281 e. The summed E-state index contributed by atoms with van der Waals surface area (Å²) in [6.07, 6.45) is 5.22. The van der Waals surface area contributed by atoms with E-state index in [-0.39, 0.29) is 26.8 Å². The zero-order valence-corrected chi connectivity index (χ0v) is 14.6. The molecule has 0 aromatic heterocycles. The first-order valence-corrected chi connectivity index (χ1v) is 9.56. The van der Waals surface area contributed by atoms with Gasteiger partial charge in [-0.1, -0.05) is 18.9 Å². The number of carbonyl (C=O) groups is 1. The van der Waals surface area contributed by atoms with E-state index >= 15 is 0 Å². The van der Waals surface area contributed by atoms with Gasteiger partial charge in [-0.2, -0.15) is 4.99 Å². The quantitative estimate of drug-likeness (QED) is 0.606. The van der Waals surface area contributed by atoms with Crippen molar-refractivity contribution in [3.05, 3.63) is 27.7 Å². The van der Waals surface area contributed by atoms with Gasteiger partial charge in [0.2, 0.25) is 0 Å². The highest BCUT2D eigenvalue weighted by Gasteiger charge is 2.28. The smallest absolute Gasteiger partial charge is 0.281 e. The molecule has 1 aromatic carbocycles. The third kappa shape index (κ3) is 3.49. The molecule has 1 fully saturated rings. The van der Waals surface area contributed by atoms with Crippen molar-refractivity contribution in [2.24, 2.45) is 16.5 Å². The maximum atomic E-state index is 12.2. The molecular weight excluding hydrogens is 370 g/mol. The summed E-state index contributed by atoms with van der Waals surface area (Å²) >= 11 is 3.25. The zero-order chi connectivity index (χ0) is 16.5. The van der Waals surface area contributed by atoms with Crippen LogP contribution in [-0.2, 0) is 9.84 Å². The van der Waals surface area contributed by atoms with Gasteiger partial charge in [0.25, 0.3) is 5.91 Å². The second-order valence-electron chi connectivity index (χ2n) is 5.44. The Hall–Kier alpha value is -1.41. The van der Waals surface area contributed by atoms with Crippen LogP contribution in [0.25, 0.3) is 0 Å². The molecule has 0 atom stereocenters. The van der Waals surface area contributed by atoms with Crippen LogP contribution >= 0.6 is 15.9 Å². The van der Waals surface area contributed by atoms with Crippen LogP contribution in [0.3, 0.4) is 0 Å². The summed E-state index contributed by atoms with van der Waals surface area (Å²) < 4.78 is 24.6. The lowest BCUT2D eigenvalue weighted by Crippen LogP contribution is -2.24. The minimum Gasteiger partial charge on any atom is -0.370 e. The molecule has 0 spiro atoms. The van der Waals surface area contributed by atoms with E-state index in [9.17, 15) is 13.2 Å². The predicted molar refractivity (Wildman–Crippen MR) is 88.6 cm³/mol. The van der Waals surface area contributed by atoms with Crippen molar-refractivity contribution in [1.29, 1.82) is 0 Å². The Labute approximate surface area is 138 Å². The molecule has 1 aliphatic carbocycles. The molecular formula is C14H18BrN3O3S. The molecule has 8 heteroatoms. The molecule has 0 saturated heterocycles. The molecule has 1 amide bonds. The molecule has 1 aliphatic rings. The SMILES string of the molecule is CS(=O)(=O)c1c(C2CCCC2)ccc(C(=O)N=C(N)N)c1Br. The van der Waals surface area contributed by atoms with Gasteiger partial charge in [0.05, 0.1) is 10.5 Å². The van der Waals surface area contributed by atoms with Gasteiger partial charge in [0, 0.05) is 10.7 Å². The number of amides is 1. The predicted octanol–water partition coefficient (Wildman–Crippen LogP) is 1.92. The molecule has 22 heavy (non-hydrogen) atoms. The monoisotopic (exact) mass is 387 g/mol. The van der Waals surface area contributed by atoms with Gasteiger partial charge in [-0.3, -0.25) is 4.79 Å². The first-order valence-electron chi connectivity index (χ1n) is 6.88. The summed E-state index contributed by atoms with van der Waals surface area (Å²) in [6.45, 7) is 0. The summed E-state index contributed by atoms with van der Waals surface area (Å²) in [5, 5.41) is 0. The number of sulfone groups is 1. The van der Waals surface area contributed by atoms with Crippen molar-refractivity contribution in [2.75, 3.05) is 6.26 Å². The van der Waals surface area contributed by atoms with Crippen LogP contribution in [-0.4, -0.2) is 26.5 Å². The number of aliphatic imine (C=N–C) groups is 1. The van der Waals surface area contributed by atoms with Crippen LogP contribution in [0.4, 0.5) is 0 Å². The lowest BCUT2D eigenvalue weighted by molar-refractivity contribution is 0.100. The van der Waals surface area contributed by atoms with Gasteiger partial charge in [-0.05, 0) is 46.3 Å². The van der Waals surface area contributed by atoms with Gasteiger partial charge < -0.3 is 11.5 Å². The summed E-state index contributed by atoms with van der Waals surface area (Å²) in [5.74, 6) is -0.833. The number of nitrogens with zero attached hydrogens (tertiary/aromatic N) is 1. The van der Waals surface area contributed by atoms with E-state index in [1.54, 1.807) is 12.1 Å². The third-order valence-electron chi connectivity index (χ3n) is 3.75. The Morgan fingerprint density at radius 1 is 1.27 bits per heavy atom. The van der Waals surface area contributed by atoms with Crippen LogP contribution in [0.5, 0.6) is 0 Å². The summed E-state index contributed by atoms with van der Waals surface area (Å²) in [5.41, 5.74) is 11.3. The number of nitrogens with two attached hydrogens (primary N) is 2. The molecule has 2 rings (SSSR count). The number of carbonyl (C=O) groups excluding carboxylic acids is 1. The standard InChI is InChI=1S/C14H18BrN3O3S/c1-22(20,21)12-9(8-4-2-3-5-8)6-7-10(11(12)15)13(19)18-14(16)17/h6-8H,2-5H2,1H3,(H4,16,17,18,19). The Kier molecular flexibility index (Phi) is 4.91. The lowest BCUT2D eigenvalue weighted by atomic mass is 9.96. The average molecular weight is 388 g/mol. The fraction of sp³-hybridized carbons (Fsp3) is 0.429. The van der Waals surface area contributed by atoms with Crippen LogP contribution in [0.15, 0.2) is 26.5 Å². The fourth-order valence-electron chi connectivity index (χ4n) is 2.85. The van der Waals surface area contributed by atoms with Gasteiger partial charge >= 0.3 is 0 Å². The highest BCUT2D eigenvalue weighted by molar-refractivity contribution is 9.10. The van der Waals surface area contributed by atoms with Crippen molar-refractivity contribution in [1.82, 2.24) is 0 Å². The Morgan fingerprint density at radius 2 is 1.86 bits per heavy atom. The first kappa shape index (κ1) is 17.0. The number of guanidine groups is 1. The van der Waals surface area contributed by atoms with Crippen LogP contribution in [0.1, 0.15) is 47.5 Å². The second kappa shape index (κ2) is 6.37. The molecule has 6 nitrogen and oxygen atoms in total. The van der Waals surface area contributed by atoms with Crippen molar-refractivity contribution in [2.45, 2.75) is 36.5 Å². The number of hydrogen-bond acceptors (Lipinski definition) is 3. The Morgan fingerprint density at radius 3 is 2.36 bits per heavy atom. The van der Waals surface area contributed by atoms with Gasteiger partial charge in [0.15, 0.2) is 15.8 Å². The van der Waals surface area contributed by atoms with E-state index in [1.165, 1.54) is 0 Å². The molecule has 0 radical (unpaired) electrons. The van der Waals surface area contributed by atoms with E-state index < -0.39 is 15.7 Å². The number of benzene rings is 1. The lowest BCUT2D eigenvalue weighted by Gasteiger charge is -2.17.